The zero-order chi connectivity index (χ0) is 11.1. The normalized spacial score (nSPS) is 31.7. The molecule has 0 aromatic carbocycles. The van der Waals surface area contributed by atoms with Crippen LogP contribution in [0.3, 0.4) is 0 Å². The minimum Gasteiger partial charge on any atom is -0.300 e. The Hall–Kier alpha value is -0.330. The van der Waals surface area contributed by atoms with Crippen molar-refractivity contribution in [3.8, 4) is 0 Å². The highest BCUT2D eigenvalue weighted by molar-refractivity contribution is 5.78. The van der Waals surface area contributed by atoms with Crippen LogP contribution in [-0.2, 0) is 4.79 Å². The van der Waals surface area contributed by atoms with Gasteiger partial charge in [-0.15, -0.1) is 0 Å². The van der Waals surface area contributed by atoms with Gasteiger partial charge < -0.3 is 0 Å². The summed E-state index contributed by atoms with van der Waals surface area (Å²) in [5, 5.41) is 0. The van der Waals surface area contributed by atoms with Gasteiger partial charge in [-0.3, -0.25) is 4.79 Å². The Morgan fingerprint density at radius 1 is 0.800 bits per heavy atom. The zero-order valence-corrected chi connectivity index (χ0v) is 10.4. The van der Waals surface area contributed by atoms with Gasteiger partial charge in [-0.05, 0) is 11.8 Å². The fourth-order valence-corrected chi connectivity index (χ4v) is 2.58. The SMILES string of the molecule is C[C@@H]1CCCCCCC[C@H](C)CC(=O)C1. The van der Waals surface area contributed by atoms with Crippen molar-refractivity contribution in [2.45, 2.75) is 71.6 Å². The molecule has 1 nitrogen and oxygen atoms in total. The summed E-state index contributed by atoms with van der Waals surface area (Å²) in [5.41, 5.74) is 0. The van der Waals surface area contributed by atoms with Crippen molar-refractivity contribution in [3.05, 3.63) is 0 Å². The first-order valence-corrected chi connectivity index (χ1v) is 6.70. The number of ketones is 1. The van der Waals surface area contributed by atoms with Gasteiger partial charge in [0.1, 0.15) is 5.78 Å². The van der Waals surface area contributed by atoms with E-state index in [0.717, 1.165) is 12.8 Å². The first kappa shape index (κ1) is 12.7. The van der Waals surface area contributed by atoms with Crippen molar-refractivity contribution >= 4 is 5.78 Å². The van der Waals surface area contributed by atoms with Gasteiger partial charge in [-0.1, -0.05) is 58.8 Å². The van der Waals surface area contributed by atoms with Crippen molar-refractivity contribution in [1.82, 2.24) is 0 Å². The minimum atomic E-state index is 0.496. The van der Waals surface area contributed by atoms with E-state index in [1.165, 1.54) is 44.9 Å². The van der Waals surface area contributed by atoms with Crippen LogP contribution in [0.25, 0.3) is 0 Å². The quantitative estimate of drug-likeness (QED) is 0.581. The van der Waals surface area contributed by atoms with Gasteiger partial charge in [0.15, 0.2) is 0 Å². The van der Waals surface area contributed by atoms with Crippen LogP contribution in [0.15, 0.2) is 0 Å². The van der Waals surface area contributed by atoms with E-state index in [-0.39, 0.29) is 0 Å². The molecule has 2 atom stereocenters. The predicted octanol–water partition coefficient (Wildman–Crippen LogP) is 4.35. The van der Waals surface area contributed by atoms with Gasteiger partial charge in [0.25, 0.3) is 0 Å². The molecule has 0 N–H and O–H groups in total. The standard InChI is InChI=1S/C14H26O/c1-12-8-6-4-3-5-7-9-13(2)11-14(15)10-12/h12-13H,3-11H2,1-2H3/t12-,13+. The molecule has 15 heavy (non-hydrogen) atoms. The predicted molar refractivity (Wildman–Crippen MR) is 64.9 cm³/mol. The molecule has 0 spiro atoms. The highest BCUT2D eigenvalue weighted by Gasteiger charge is 2.13. The molecular weight excluding hydrogens is 184 g/mol. The third kappa shape index (κ3) is 5.96. The molecule has 1 aliphatic carbocycles. The maximum atomic E-state index is 11.7. The second-order valence-corrected chi connectivity index (χ2v) is 5.50. The molecule has 1 fully saturated rings. The van der Waals surface area contributed by atoms with Gasteiger partial charge >= 0.3 is 0 Å². The molecule has 88 valence electrons. The van der Waals surface area contributed by atoms with Crippen molar-refractivity contribution in [2.75, 3.05) is 0 Å². The monoisotopic (exact) mass is 210 g/mol. The van der Waals surface area contributed by atoms with Crippen LogP contribution < -0.4 is 0 Å². The third-order valence-corrected chi connectivity index (χ3v) is 3.55. The minimum absolute atomic E-state index is 0.496. The van der Waals surface area contributed by atoms with Crippen LogP contribution in [0, 0.1) is 11.8 Å². The molecule has 1 rings (SSSR count). The number of carbonyl (C=O) groups is 1. The van der Waals surface area contributed by atoms with E-state index in [9.17, 15) is 4.79 Å². The molecule has 0 heterocycles. The Kier molecular flexibility index (Phi) is 5.97. The van der Waals surface area contributed by atoms with E-state index in [2.05, 4.69) is 13.8 Å². The van der Waals surface area contributed by atoms with Crippen molar-refractivity contribution in [1.29, 1.82) is 0 Å². The summed E-state index contributed by atoms with van der Waals surface area (Å²) in [5.74, 6) is 1.73. The van der Waals surface area contributed by atoms with Gasteiger partial charge in [0.2, 0.25) is 0 Å². The lowest BCUT2D eigenvalue weighted by molar-refractivity contribution is -0.120. The zero-order valence-electron chi connectivity index (χ0n) is 10.4. The molecular formula is C14H26O. The van der Waals surface area contributed by atoms with Crippen LogP contribution in [0.5, 0.6) is 0 Å². The summed E-state index contributed by atoms with van der Waals surface area (Å²) in [6.07, 6.45) is 10.9. The highest BCUT2D eigenvalue weighted by atomic mass is 16.1. The Bertz CT molecular complexity index is 168. The van der Waals surface area contributed by atoms with Gasteiger partial charge in [-0.2, -0.15) is 0 Å². The fourth-order valence-electron chi connectivity index (χ4n) is 2.58. The Labute approximate surface area is 94.6 Å². The number of Topliss-reactive ketones (excluding diaryl/α,β-unsaturated/α-hetero) is 1. The van der Waals surface area contributed by atoms with Crippen LogP contribution in [0.1, 0.15) is 71.6 Å². The first-order valence-electron chi connectivity index (χ1n) is 6.70. The molecule has 1 saturated carbocycles. The second-order valence-electron chi connectivity index (χ2n) is 5.50. The van der Waals surface area contributed by atoms with Gasteiger partial charge in [0.05, 0.1) is 0 Å². The summed E-state index contributed by atoms with van der Waals surface area (Å²) >= 11 is 0. The molecule has 0 radical (unpaired) electrons. The third-order valence-electron chi connectivity index (χ3n) is 3.55. The number of hydrogen-bond acceptors (Lipinski definition) is 1. The molecule has 1 heteroatoms. The van der Waals surface area contributed by atoms with Crippen molar-refractivity contribution in [2.24, 2.45) is 11.8 Å². The lowest BCUT2D eigenvalue weighted by Gasteiger charge is -2.15. The lowest BCUT2D eigenvalue weighted by Crippen LogP contribution is -2.10. The van der Waals surface area contributed by atoms with Gasteiger partial charge in [0, 0.05) is 12.8 Å². The second kappa shape index (κ2) is 7.03. The smallest absolute Gasteiger partial charge is 0.133 e. The van der Waals surface area contributed by atoms with Crippen molar-refractivity contribution in [3.63, 3.8) is 0 Å². The van der Waals surface area contributed by atoms with E-state index in [4.69, 9.17) is 0 Å². The van der Waals surface area contributed by atoms with Crippen LogP contribution in [0.2, 0.25) is 0 Å². The first-order chi connectivity index (χ1) is 7.18. The van der Waals surface area contributed by atoms with E-state index in [0.29, 0.717) is 17.6 Å². The molecule has 0 aromatic heterocycles. The largest absolute Gasteiger partial charge is 0.300 e. The van der Waals surface area contributed by atoms with E-state index < -0.39 is 0 Å². The molecule has 0 aliphatic heterocycles. The molecule has 0 bridgehead atoms. The summed E-state index contributed by atoms with van der Waals surface area (Å²) in [7, 11) is 0. The Morgan fingerprint density at radius 2 is 1.20 bits per heavy atom. The average molecular weight is 210 g/mol. The topological polar surface area (TPSA) is 17.1 Å². The molecule has 1 aliphatic rings. The number of hydrogen-bond donors (Lipinski definition) is 0. The maximum absolute atomic E-state index is 11.7. The number of carbonyl (C=O) groups excluding carboxylic acids is 1. The van der Waals surface area contributed by atoms with E-state index in [1.807, 2.05) is 0 Å². The van der Waals surface area contributed by atoms with Crippen LogP contribution >= 0.6 is 0 Å². The van der Waals surface area contributed by atoms with Gasteiger partial charge in [-0.25, -0.2) is 0 Å². The van der Waals surface area contributed by atoms with E-state index >= 15 is 0 Å². The lowest BCUT2D eigenvalue weighted by atomic mass is 9.90. The molecule has 0 unspecified atom stereocenters. The number of rotatable bonds is 0. The fraction of sp³-hybridized carbons (Fsp3) is 0.929. The summed E-state index contributed by atoms with van der Waals surface area (Å²) in [4.78, 5) is 11.7. The molecule has 0 amide bonds. The molecule has 0 saturated heterocycles. The maximum Gasteiger partial charge on any atom is 0.133 e. The van der Waals surface area contributed by atoms with Crippen molar-refractivity contribution < 1.29 is 4.79 Å². The summed E-state index contributed by atoms with van der Waals surface area (Å²) in [6, 6.07) is 0. The highest BCUT2D eigenvalue weighted by Crippen LogP contribution is 2.21. The summed E-state index contributed by atoms with van der Waals surface area (Å²) < 4.78 is 0. The summed E-state index contributed by atoms with van der Waals surface area (Å²) in [6.45, 7) is 4.46. The molecule has 0 aromatic rings. The Balaban J connectivity index is 2.37. The van der Waals surface area contributed by atoms with Crippen LogP contribution in [0.4, 0.5) is 0 Å². The van der Waals surface area contributed by atoms with Crippen LogP contribution in [-0.4, -0.2) is 5.78 Å². The average Bonchev–Trinajstić information content (AvgIpc) is 2.14. The van der Waals surface area contributed by atoms with E-state index in [1.54, 1.807) is 0 Å². The Morgan fingerprint density at radius 3 is 1.67 bits per heavy atom.